The van der Waals surface area contributed by atoms with Crippen molar-refractivity contribution in [2.75, 3.05) is 7.05 Å². The van der Waals surface area contributed by atoms with Crippen molar-refractivity contribution >= 4 is 5.91 Å². The van der Waals surface area contributed by atoms with Gasteiger partial charge in [-0.25, -0.2) is 0 Å². The molecule has 1 aromatic rings. The number of carbonyl (C=O) groups excluding carboxylic acids is 1. The van der Waals surface area contributed by atoms with E-state index in [1.165, 1.54) is 5.56 Å². The maximum absolute atomic E-state index is 11.1. The summed E-state index contributed by atoms with van der Waals surface area (Å²) in [5.74, 6) is -0.0805. The molecule has 0 aliphatic heterocycles. The lowest BCUT2D eigenvalue weighted by Gasteiger charge is -2.09. The average molecular weight is 206 g/mol. The number of nitrogens with two attached hydrogens (primary N) is 1. The van der Waals surface area contributed by atoms with Gasteiger partial charge in [-0.05, 0) is 24.8 Å². The summed E-state index contributed by atoms with van der Waals surface area (Å²) in [4.78, 5) is 11.1. The van der Waals surface area contributed by atoms with Gasteiger partial charge >= 0.3 is 0 Å². The van der Waals surface area contributed by atoms with Crippen LogP contribution in [0.15, 0.2) is 30.3 Å². The van der Waals surface area contributed by atoms with Crippen LogP contribution in [0, 0.1) is 0 Å². The Bertz CT molecular complexity index is 298. The molecule has 3 nitrogen and oxygen atoms in total. The number of nitrogens with one attached hydrogen (secondary N) is 1. The molecule has 3 N–H and O–H groups in total. The van der Waals surface area contributed by atoms with Crippen molar-refractivity contribution in [2.45, 2.75) is 25.3 Å². The van der Waals surface area contributed by atoms with Gasteiger partial charge in [-0.1, -0.05) is 30.3 Å². The van der Waals surface area contributed by atoms with E-state index in [9.17, 15) is 4.79 Å². The topological polar surface area (TPSA) is 55.1 Å². The molecule has 0 saturated heterocycles. The lowest BCUT2D eigenvalue weighted by Crippen LogP contribution is -2.38. The Kier molecular flexibility index (Phi) is 4.84. The van der Waals surface area contributed by atoms with Gasteiger partial charge in [0.2, 0.25) is 5.91 Å². The molecule has 1 amide bonds. The summed E-state index contributed by atoms with van der Waals surface area (Å²) in [7, 11) is 1.61. The predicted octanol–water partition coefficient (Wildman–Crippen LogP) is 1.08. The van der Waals surface area contributed by atoms with Crippen LogP contribution in [0.5, 0.6) is 0 Å². The first-order valence-corrected chi connectivity index (χ1v) is 5.25. The molecule has 15 heavy (non-hydrogen) atoms. The highest BCUT2D eigenvalue weighted by Crippen LogP contribution is 2.05. The normalized spacial score (nSPS) is 12.1. The summed E-state index contributed by atoms with van der Waals surface area (Å²) in [6.45, 7) is 0. The molecule has 0 aliphatic rings. The smallest absolute Gasteiger partial charge is 0.236 e. The van der Waals surface area contributed by atoms with E-state index in [-0.39, 0.29) is 11.9 Å². The predicted molar refractivity (Wildman–Crippen MR) is 61.4 cm³/mol. The summed E-state index contributed by atoms with van der Waals surface area (Å²) in [6.07, 6.45) is 2.65. The number of hydrogen-bond acceptors (Lipinski definition) is 2. The number of aryl methyl sites for hydroxylation is 1. The van der Waals surface area contributed by atoms with Crippen molar-refractivity contribution in [2.24, 2.45) is 5.73 Å². The van der Waals surface area contributed by atoms with E-state index in [0.717, 1.165) is 19.3 Å². The van der Waals surface area contributed by atoms with Crippen molar-refractivity contribution in [1.29, 1.82) is 0 Å². The SMILES string of the molecule is CNC(=O)C(N)CCCc1ccccc1. The van der Waals surface area contributed by atoms with E-state index in [1.807, 2.05) is 18.2 Å². The molecule has 0 fully saturated rings. The van der Waals surface area contributed by atoms with E-state index >= 15 is 0 Å². The molecule has 0 saturated carbocycles. The number of benzene rings is 1. The molecule has 0 spiro atoms. The molecule has 1 rings (SSSR count). The minimum absolute atomic E-state index is 0.0805. The summed E-state index contributed by atoms with van der Waals surface area (Å²) in [5.41, 5.74) is 6.97. The van der Waals surface area contributed by atoms with Crippen molar-refractivity contribution in [3.63, 3.8) is 0 Å². The zero-order chi connectivity index (χ0) is 11.1. The van der Waals surface area contributed by atoms with E-state index in [4.69, 9.17) is 5.73 Å². The molecule has 0 bridgehead atoms. The molecule has 0 aliphatic carbocycles. The van der Waals surface area contributed by atoms with E-state index in [1.54, 1.807) is 7.05 Å². The third-order valence-electron chi connectivity index (χ3n) is 2.41. The molecule has 1 unspecified atom stereocenters. The van der Waals surface area contributed by atoms with Gasteiger partial charge in [0.05, 0.1) is 6.04 Å². The third kappa shape index (κ3) is 4.13. The lowest BCUT2D eigenvalue weighted by molar-refractivity contribution is -0.122. The zero-order valence-electron chi connectivity index (χ0n) is 9.07. The van der Waals surface area contributed by atoms with Gasteiger partial charge < -0.3 is 11.1 Å². The summed E-state index contributed by atoms with van der Waals surface area (Å²) in [6, 6.07) is 9.84. The van der Waals surface area contributed by atoms with E-state index in [2.05, 4.69) is 17.4 Å². The van der Waals surface area contributed by atoms with Crippen LogP contribution in [0.25, 0.3) is 0 Å². The Morgan fingerprint density at radius 1 is 1.40 bits per heavy atom. The molecule has 0 aromatic heterocycles. The van der Waals surface area contributed by atoms with Gasteiger partial charge in [0, 0.05) is 7.05 Å². The van der Waals surface area contributed by atoms with Crippen molar-refractivity contribution in [3.05, 3.63) is 35.9 Å². The number of likely N-dealkylation sites (N-methyl/N-ethyl adjacent to an activating group) is 1. The van der Waals surface area contributed by atoms with Crippen molar-refractivity contribution in [1.82, 2.24) is 5.32 Å². The molecular weight excluding hydrogens is 188 g/mol. The average Bonchev–Trinajstić information content (AvgIpc) is 2.29. The highest BCUT2D eigenvalue weighted by Gasteiger charge is 2.10. The Morgan fingerprint density at radius 2 is 2.07 bits per heavy atom. The fraction of sp³-hybridized carbons (Fsp3) is 0.417. The maximum Gasteiger partial charge on any atom is 0.236 e. The first-order valence-electron chi connectivity index (χ1n) is 5.25. The maximum atomic E-state index is 11.1. The van der Waals surface area contributed by atoms with E-state index in [0.29, 0.717) is 0 Å². The molecule has 82 valence electrons. The van der Waals surface area contributed by atoms with Gasteiger partial charge in [-0.2, -0.15) is 0 Å². The molecule has 0 heterocycles. The van der Waals surface area contributed by atoms with E-state index < -0.39 is 0 Å². The van der Waals surface area contributed by atoms with Crippen LogP contribution in [-0.2, 0) is 11.2 Å². The summed E-state index contributed by atoms with van der Waals surface area (Å²) >= 11 is 0. The van der Waals surface area contributed by atoms with Crippen LogP contribution in [-0.4, -0.2) is 19.0 Å². The second-order valence-corrected chi connectivity index (χ2v) is 3.60. The van der Waals surface area contributed by atoms with Gasteiger partial charge in [0.25, 0.3) is 0 Å². The fourth-order valence-corrected chi connectivity index (χ4v) is 1.49. The van der Waals surface area contributed by atoms with Gasteiger partial charge in [-0.15, -0.1) is 0 Å². The highest BCUT2D eigenvalue weighted by atomic mass is 16.2. The molecule has 1 atom stereocenters. The molecule has 3 heteroatoms. The van der Waals surface area contributed by atoms with Gasteiger partial charge in [-0.3, -0.25) is 4.79 Å². The molecular formula is C12H18N2O. The zero-order valence-corrected chi connectivity index (χ0v) is 9.07. The number of carbonyl (C=O) groups is 1. The van der Waals surface area contributed by atoms with Crippen LogP contribution in [0.4, 0.5) is 0 Å². The number of rotatable bonds is 5. The highest BCUT2D eigenvalue weighted by molar-refractivity contribution is 5.81. The standard InChI is InChI=1S/C12H18N2O/c1-14-12(15)11(13)9-5-8-10-6-3-2-4-7-10/h2-4,6-7,11H,5,8-9,13H2,1H3,(H,14,15). The summed E-state index contributed by atoms with van der Waals surface area (Å²) < 4.78 is 0. The number of amides is 1. The first-order chi connectivity index (χ1) is 7.24. The third-order valence-corrected chi connectivity index (χ3v) is 2.41. The first kappa shape index (κ1) is 11.7. The van der Waals surface area contributed by atoms with Crippen LogP contribution in [0.2, 0.25) is 0 Å². The second kappa shape index (κ2) is 6.19. The summed E-state index contributed by atoms with van der Waals surface area (Å²) in [5, 5.41) is 2.55. The van der Waals surface area contributed by atoms with Gasteiger partial charge in [0.1, 0.15) is 0 Å². The quantitative estimate of drug-likeness (QED) is 0.757. The van der Waals surface area contributed by atoms with Crippen LogP contribution in [0.3, 0.4) is 0 Å². The van der Waals surface area contributed by atoms with Crippen LogP contribution >= 0.6 is 0 Å². The molecule has 0 radical (unpaired) electrons. The Hall–Kier alpha value is -1.35. The Balaban J connectivity index is 2.25. The van der Waals surface area contributed by atoms with Crippen molar-refractivity contribution in [3.8, 4) is 0 Å². The largest absolute Gasteiger partial charge is 0.358 e. The van der Waals surface area contributed by atoms with Crippen LogP contribution < -0.4 is 11.1 Å². The Labute approximate surface area is 90.7 Å². The monoisotopic (exact) mass is 206 g/mol. The fourth-order valence-electron chi connectivity index (χ4n) is 1.49. The van der Waals surface area contributed by atoms with Crippen LogP contribution in [0.1, 0.15) is 18.4 Å². The Morgan fingerprint density at radius 3 is 2.67 bits per heavy atom. The lowest BCUT2D eigenvalue weighted by atomic mass is 10.0. The second-order valence-electron chi connectivity index (χ2n) is 3.60. The van der Waals surface area contributed by atoms with Gasteiger partial charge in [0.15, 0.2) is 0 Å². The minimum Gasteiger partial charge on any atom is -0.358 e. The minimum atomic E-state index is -0.376. The molecule has 1 aromatic carbocycles. The number of hydrogen-bond donors (Lipinski definition) is 2. The van der Waals surface area contributed by atoms with Crippen molar-refractivity contribution < 1.29 is 4.79 Å².